The minimum absolute atomic E-state index is 0.0458. The highest BCUT2D eigenvalue weighted by Gasteiger charge is 2.26. The fourth-order valence-electron chi connectivity index (χ4n) is 5.14. The van der Waals surface area contributed by atoms with Crippen LogP contribution >= 0.6 is 11.6 Å². The van der Waals surface area contributed by atoms with E-state index in [1.807, 2.05) is 42.2 Å². The molecule has 0 aliphatic carbocycles. The van der Waals surface area contributed by atoms with E-state index in [4.69, 9.17) is 11.6 Å². The van der Waals surface area contributed by atoms with Gasteiger partial charge in [0, 0.05) is 43.5 Å². The van der Waals surface area contributed by atoms with Crippen LogP contribution in [-0.4, -0.2) is 64.9 Å². The van der Waals surface area contributed by atoms with Crippen molar-refractivity contribution in [3.8, 4) is 0 Å². The third-order valence-corrected chi connectivity index (χ3v) is 7.81. The number of anilines is 2. The zero-order chi connectivity index (χ0) is 31.9. The van der Waals surface area contributed by atoms with Crippen molar-refractivity contribution in [1.82, 2.24) is 15.2 Å². The lowest BCUT2D eigenvalue weighted by Gasteiger charge is -2.37. The summed E-state index contributed by atoms with van der Waals surface area (Å²) in [6.45, 7) is 3.87. The fraction of sp³-hybridized carbons (Fsp3) is 0.206. The SMILES string of the molecule is Cc1ccc(C(CC(=O)O)NC(=O)c2ccc(N3CCN(C(=O)c4ccccc4)CC3)c(NC(=O)c3ccc(Cl)nc3)c2)cc1. The highest BCUT2D eigenvalue weighted by atomic mass is 35.5. The van der Waals surface area contributed by atoms with Gasteiger partial charge in [-0.25, -0.2) is 4.98 Å². The third-order valence-electron chi connectivity index (χ3n) is 7.59. The molecule has 11 heteroatoms. The third kappa shape index (κ3) is 7.84. The van der Waals surface area contributed by atoms with Crippen molar-refractivity contribution in [3.05, 3.63) is 124 Å². The molecule has 3 N–H and O–H groups in total. The molecule has 1 aliphatic rings. The van der Waals surface area contributed by atoms with Crippen LogP contribution in [0.25, 0.3) is 0 Å². The summed E-state index contributed by atoms with van der Waals surface area (Å²) in [4.78, 5) is 59.1. The molecule has 1 aliphatic heterocycles. The number of benzene rings is 3. The fourth-order valence-corrected chi connectivity index (χ4v) is 5.25. The van der Waals surface area contributed by atoms with E-state index < -0.39 is 23.8 Å². The first-order chi connectivity index (χ1) is 21.7. The second-order valence-electron chi connectivity index (χ2n) is 10.7. The first-order valence-corrected chi connectivity index (χ1v) is 14.8. The second-order valence-corrected chi connectivity index (χ2v) is 11.1. The van der Waals surface area contributed by atoms with Crippen LogP contribution in [-0.2, 0) is 4.79 Å². The number of aryl methyl sites for hydroxylation is 1. The van der Waals surface area contributed by atoms with Gasteiger partial charge in [-0.15, -0.1) is 0 Å². The molecule has 2 heterocycles. The maximum Gasteiger partial charge on any atom is 0.305 e. The van der Waals surface area contributed by atoms with Crippen LogP contribution in [0.4, 0.5) is 11.4 Å². The number of aromatic nitrogens is 1. The molecular weight excluding hydrogens is 594 g/mol. The Kier molecular flexibility index (Phi) is 9.74. The molecular formula is C34H32ClN5O5. The van der Waals surface area contributed by atoms with Crippen molar-refractivity contribution >= 4 is 46.7 Å². The molecule has 4 aromatic rings. The van der Waals surface area contributed by atoms with Crippen LogP contribution in [0, 0.1) is 6.92 Å². The molecule has 3 aromatic carbocycles. The summed E-state index contributed by atoms with van der Waals surface area (Å²) in [5.74, 6) is -2.03. The Morgan fingerprint density at radius 2 is 1.53 bits per heavy atom. The van der Waals surface area contributed by atoms with Gasteiger partial charge in [-0.3, -0.25) is 19.2 Å². The molecule has 3 amide bonds. The van der Waals surface area contributed by atoms with E-state index in [1.165, 1.54) is 12.3 Å². The minimum Gasteiger partial charge on any atom is -0.481 e. The average Bonchev–Trinajstić information content (AvgIpc) is 3.05. The van der Waals surface area contributed by atoms with E-state index >= 15 is 0 Å². The van der Waals surface area contributed by atoms with Crippen LogP contribution in [0.15, 0.2) is 91.1 Å². The maximum atomic E-state index is 13.5. The molecule has 0 saturated carbocycles. The lowest BCUT2D eigenvalue weighted by Crippen LogP contribution is -2.49. The van der Waals surface area contributed by atoms with Gasteiger partial charge in [0.05, 0.1) is 29.4 Å². The van der Waals surface area contributed by atoms with Gasteiger partial charge >= 0.3 is 5.97 Å². The number of halogens is 1. The average molecular weight is 626 g/mol. The van der Waals surface area contributed by atoms with Crippen LogP contribution in [0.3, 0.4) is 0 Å². The smallest absolute Gasteiger partial charge is 0.305 e. The van der Waals surface area contributed by atoms with Gasteiger partial charge in [0.1, 0.15) is 5.15 Å². The number of hydrogen-bond acceptors (Lipinski definition) is 6. The van der Waals surface area contributed by atoms with Crippen LogP contribution in [0.2, 0.25) is 5.15 Å². The zero-order valence-corrected chi connectivity index (χ0v) is 25.3. The van der Waals surface area contributed by atoms with E-state index in [1.54, 1.807) is 53.4 Å². The standard InChI is InChI=1S/C34H32ClN5O5/c1-22-7-9-23(10-8-22)27(20-31(41)42)37-32(43)25-11-13-29(28(19-25)38-33(44)26-12-14-30(35)36-21-26)39-15-17-40(18-16-39)34(45)24-5-3-2-4-6-24/h2-14,19,21,27H,15-18,20H2,1H3,(H,37,43)(H,38,44)(H,41,42). The molecule has 1 unspecified atom stereocenters. The Labute approximate surface area is 265 Å². The zero-order valence-electron chi connectivity index (χ0n) is 24.6. The predicted molar refractivity (Wildman–Crippen MR) is 172 cm³/mol. The summed E-state index contributed by atoms with van der Waals surface area (Å²) in [7, 11) is 0. The van der Waals surface area contributed by atoms with E-state index in [-0.39, 0.29) is 28.6 Å². The monoisotopic (exact) mass is 625 g/mol. The minimum atomic E-state index is -1.05. The summed E-state index contributed by atoms with van der Waals surface area (Å²) in [6.07, 6.45) is 1.06. The van der Waals surface area contributed by atoms with Crippen LogP contribution < -0.4 is 15.5 Å². The number of carbonyl (C=O) groups excluding carboxylic acids is 3. The normalized spacial score (nSPS) is 13.6. The van der Waals surface area contributed by atoms with Crippen LogP contribution in [0.1, 0.15) is 54.7 Å². The molecule has 1 fully saturated rings. The largest absolute Gasteiger partial charge is 0.481 e. The molecule has 1 atom stereocenters. The van der Waals surface area contributed by atoms with Crippen molar-refractivity contribution in [2.24, 2.45) is 0 Å². The van der Waals surface area contributed by atoms with Gasteiger partial charge in [-0.2, -0.15) is 0 Å². The number of carbonyl (C=O) groups is 4. The number of amides is 3. The Balaban J connectivity index is 1.39. The van der Waals surface area contributed by atoms with Crippen molar-refractivity contribution in [2.75, 3.05) is 36.4 Å². The summed E-state index contributed by atoms with van der Waals surface area (Å²) in [5, 5.41) is 15.5. The van der Waals surface area contributed by atoms with E-state index in [9.17, 15) is 24.3 Å². The summed E-state index contributed by atoms with van der Waals surface area (Å²) >= 11 is 5.90. The quantitative estimate of drug-likeness (QED) is 0.218. The van der Waals surface area contributed by atoms with Crippen molar-refractivity contribution < 1.29 is 24.3 Å². The molecule has 45 heavy (non-hydrogen) atoms. The van der Waals surface area contributed by atoms with E-state index in [2.05, 4.69) is 15.6 Å². The molecule has 10 nitrogen and oxygen atoms in total. The highest BCUT2D eigenvalue weighted by molar-refractivity contribution is 6.29. The number of rotatable bonds is 9. The van der Waals surface area contributed by atoms with Gasteiger partial charge < -0.3 is 25.5 Å². The molecule has 5 rings (SSSR count). The predicted octanol–water partition coefficient (Wildman–Crippen LogP) is 5.20. The number of carboxylic acid groups (broad SMARTS) is 1. The number of pyridine rings is 1. The first-order valence-electron chi connectivity index (χ1n) is 14.4. The number of carboxylic acids is 1. The van der Waals surface area contributed by atoms with Gasteiger partial charge in [-0.1, -0.05) is 59.6 Å². The molecule has 0 radical (unpaired) electrons. The lowest BCUT2D eigenvalue weighted by atomic mass is 10.0. The summed E-state index contributed by atoms with van der Waals surface area (Å²) < 4.78 is 0. The van der Waals surface area contributed by atoms with Gasteiger partial charge in [0.15, 0.2) is 0 Å². The highest BCUT2D eigenvalue weighted by Crippen LogP contribution is 2.30. The molecule has 1 aromatic heterocycles. The Bertz CT molecular complexity index is 1690. The molecule has 0 spiro atoms. The lowest BCUT2D eigenvalue weighted by molar-refractivity contribution is -0.137. The number of aliphatic carboxylic acids is 1. The van der Waals surface area contributed by atoms with Gasteiger partial charge in [0.2, 0.25) is 0 Å². The van der Waals surface area contributed by atoms with Crippen molar-refractivity contribution in [1.29, 1.82) is 0 Å². The number of piperazine rings is 1. The molecule has 0 bridgehead atoms. The topological polar surface area (TPSA) is 132 Å². The number of hydrogen-bond donors (Lipinski definition) is 3. The van der Waals surface area contributed by atoms with E-state index in [0.717, 1.165) is 5.56 Å². The van der Waals surface area contributed by atoms with Crippen molar-refractivity contribution in [3.63, 3.8) is 0 Å². The van der Waals surface area contributed by atoms with Gasteiger partial charge in [0.25, 0.3) is 17.7 Å². The maximum absolute atomic E-state index is 13.5. The Morgan fingerprint density at radius 1 is 0.844 bits per heavy atom. The van der Waals surface area contributed by atoms with Crippen molar-refractivity contribution in [2.45, 2.75) is 19.4 Å². The Hall–Kier alpha value is -5.22. The number of nitrogens with zero attached hydrogens (tertiary/aromatic N) is 3. The number of nitrogens with one attached hydrogen (secondary N) is 2. The van der Waals surface area contributed by atoms with Gasteiger partial charge in [-0.05, 0) is 55.0 Å². The summed E-state index contributed by atoms with van der Waals surface area (Å²) in [6, 6.07) is 23.7. The second kappa shape index (κ2) is 14.0. The Morgan fingerprint density at radius 3 is 2.18 bits per heavy atom. The molecule has 1 saturated heterocycles. The van der Waals surface area contributed by atoms with Crippen LogP contribution in [0.5, 0.6) is 0 Å². The molecule has 230 valence electrons. The van der Waals surface area contributed by atoms with E-state index in [0.29, 0.717) is 48.7 Å². The summed E-state index contributed by atoms with van der Waals surface area (Å²) in [5.41, 5.74) is 3.88. The first kappa shape index (κ1) is 31.2.